The lowest BCUT2D eigenvalue weighted by atomic mass is 10.2. The van der Waals surface area contributed by atoms with Crippen molar-refractivity contribution in [3.8, 4) is 0 Å². The maximum Gasteiger partial charge on any atom is 0.251 e. The SMILES string of the molecule is CCN(CC)C(=O)CN(C)C(=O)CNC(=O)c1cccc(Br)c1. The van der Waals surface area contributed by atoms with Gasteiger partial charge in [0.15, 0.2) is 0 Å². The Bertz CT molecular complexity index is 573. The Morgan fingerprint density at radius 1 is 1.13 bits per heavy atom. The first-order chi connectivity index (χ1) is 10.9. The Morgan fingerprint density at radius 3 is 2.35 bits per heavy atom. The molecule has 0 bridgehead atoms. The minimum absolute atomic E-state index is 0.00721. The van der Waals surface area contributed by atoms with Gasteiger partial charge in [-0.1, -0.05) is 22.0 Å². The smallest absolute Gasteiger partial charge is 0.251 e. The molecule has 23 heavy (non-hydrogen) atoms. The second-order valence-electron chi connectivity index (χ2n) is 5.01. The van der Waals surface area contributed by atoms with E-state index in [4.69, 9.17) is 0 Å². The maximum atomic E-state index is 12.0. The molecule has 1 aromatic rings. The molecule has 0 fully saturated rings. The lowest BCUT2D eigenvalue weighted by Crippen LogP contribution is -2.44. The van der Waals surface area contributed by atoms with Gasteiger partial charge >= 0.3 is 0 Å². The van der Waals surface area contributed by atoms with Gasteiger partial charge in [0, 0.05) is 30.2 Å². The number of nitrogens with one attached hydrogen (secondary N) is 1. The molecule has 0 saturated carbocycles. The zero-order valence-corrected chi connectivity index (χ0v) is 15.2. The number of hydrogen-bond acceptors (Lipinski definition) is 3. The highest BCUT2D eigenvalue weighted by atomic mass is 79.9. The van der Waals surface area contributed by atoms with Crippen molar-refractivity contribution in [2.24, 2.45) is 0 Å². The van der Waals surface area contributed by atoms with Crippen molar-refractivity contribution in [3.63, 3.8) is 0 Å². The second kappa shape index (κ2) is 9.29. The van der Waals surface area contributed by atoms with Gasteiger partial charge in [0.25, 0.3) is 5.91 Å². The van der Waals surface area contributed by atoms with Crippen LogP contribution in [0.4, 0.5) is 0 Å². The van der Waals surface area contributed by atoms with E-state index < -0.39 is 0 Å². The van der Waals surface area contributed by atoms with Crippen LogP contribution in [-0.2, 0) is 9.59 Å². The molecule has 7 heteroatoms. The average Bonchev–Trinajstić information content (AvgIpc) is 2.53. The highest BCUT2D eigenvalue weighted by molar-refractivity contribution is 9.10. The summed E-state index contributed by atoms with van der Waals surface area (Å²) in [6.45, 7) is 4.86. The molecule has 0 aliphatic rings. The first-order valence-electron chi connectivity index (χ1n) is 7.44. The van der Waals surface area contributed by atoms with Gasteiger partial charge in [0.2, 0.25) is 11.8 Å². The Hall–Kier alpha value is -1.89. The van der Waals surface area contributed by atoms with Crippen molar-refractivity contribution in [2.45, 2.75) is 13.8 Å². The molecule has 0 aromatic heterocycles. The van der Waals surface area contributed by atoms with E-state index >= 15 is 0 Å². The van der Waals surface area contributed by atoms with Crippen molar-refractivity contribution in [3.05, 3.63) is 34.3 Å². The van der Waals surface area contributed by atoms with Crippen LogP contribution in [-0.4, -0.2) is 60.7 Å². The summed E-state index contributed by atoms with van der Waals surface area (Å²) >= 11 is 3.29. The minimum atomic E-state index is -0.330. The summed E-state index contributed by atoms with van der Waals surface area (Å²) in [5.41, 5.74) is 0.467. The van der Waals surface area contributed by atoms with Crippen LogP contribution in [0.3, 0.4) is 0 Å². The zero-order chi connectivity index (χ0) is 17.4. The third-order valence-corrected chi connectivity index (χ3v) is 3.89. The lowest BCUT2D eigenvalue weighted by molar-refractivity contribution is -0.138. The van der Waals surface area contributed by atoms with E-state index in [1.54, 1.807) is 30.1 Å². The van der Waals surface area contributed by atoms with Crippen molar-refractivity contribution < 1.29 is 14.4 Å². The molecule has 0 radical (unpaired) electrons. The first-order valence-corrected chi connectivity index (χ1v) is 8.23. The third-order valence-electron chi connectivity index (χ3n) is 3.40. The molecule has 0 spiro atoms. The van der Waals surface area contributed by atoms with Crippen LogP contribution in [0.2, 0.25) is 0 Å². The number of carbonyl (C=O) groups is 3. The average molecular weight is 384 g/mol. The van der Waals surface area contributed by atoms with Crippen LogP contribution in [0.5, 0.6) is 0 Å². The highest BCUT2D eigenvalue weighted by Crippen LogP contribution is 2.11. The van der Waals surface area contributed by atoms with E-state index in [1.807, 2.05) is 19.9 Å². The summed E-state index contributed by atoms with van der Waals surface area (Å²) in [6, 6.07) is 6.90. The van der Waals surface area contributed by atoms with Gasteiger partial charge in [-0.25, -0.2) is 0 Å². The fraction of sp³-hybridized carbons (Fsp3) is 0.438. The van der Waals surface area contributed by atoms with Crippen LogP contribution in [0.1, 0.15) is 24.2 Å². The van der Waals surface area contributed by atoms with Crippen molar-refractivity contribution >= 4 is 33.7 Å². The Balaban J connectivity index is 2.49. The van der Waals surface area contributed by atoms with Crippen molar-refractivity contribution in [2.75, 3.05) is 33.2 Å². The van der Waals surface area contributed by atoms with Gasteiger partial charge < -0.3 is 15.1 Å². The van der Waals surface area contributed by atoms with E-state index in [0.717, 1.165) is 4.47 Å². The fourth-order valence-corrected chi connectivity index (χ4v) is 2.39. The topological polar surface area (TPSA) is 69.7 Å². The molecule has 0 heterocycles. The van der Waals surface area contributed by atoms with E-state index in [-0.39, 0.29) is 30.8 Å². The van der Waals surface area contributed by atoms with Crippen LogP contribution >= 0.6 is 15.9 Å². The number of carbonyl (C=O) groups excluding carboxylic acids is 3. The molecule has 0 aliphatic heterocycles. The molecular formula is C16H22BrN3O3. The quantitative estimate of drug-likeness (QED) is 0.775. The zero-order valence-electron chi connectivity index (χ0n) is 13.6. The van der Waals surface area contributed by atoms with Crippen LogP contribution in [0.15, 0.2) is 28.7 Å². The monoisotopic (exact) mass is 383 g/mol. The van der Waals surface area contributed by atoms with E-state index in [0.29, 0.717) is 18.7 Å². The van der Waals surface area contributed by atoms with Gasteiger partial charge in [-0.15, -0.1) is 0 Å². The Labute approximate surface area is 145 Å². The number of hydrogen-bond donors (Lipinski definition) is 1. The fourth-order valence-electron chi connectivity index (χ4n) is 1.99. The van der Waals surface area contributed by atoms with Crippen LogP contribution < -0.4 is 5.32 Å². The third kappa shape index (κ3) is 6.02. The number of rotatable bonds is 7. The summed E-state index contributed by atoms with van der Waals surface area (Å²) in [5, 5.41) is 2.56. The maximum absolute atomic E-state index is 12.0. The Kier molecular flexibility index (Phi) is 7.74. The summed E-state index contributed by atoms with van der Waals surface area (Å²) < 4.78 is 0.790. The van der Waals surface area contributed by atoms with Crippen molar-refractivity contribution in [1.29, 1.82) is 0 Å². The standard InChI is InChI=1S/C16H22BrN3O3/c1-4-20(5-2)15(22)11-19(3)14(21)10-18-16(23)12-7-6-8-13(17)9-12/h6-9H,4-5,10-11H2,1-3H3,(H,18,23). The van der Waals surface area contributed by atoms with Crippen LogP contribution in [0.25, 0.3) is 0 Å². The number of benzene rings is 1. The predicted molar refractivity (Wildman–Crippen MR) is 92.0 cm³/mol. The molecule has 1 N–H and O–H groups in total. The summed E-state index contributed by atoms with van der Waals surface area (Å²) in [7, 11) is 1.55. The predicted octanol–water partition coefficient (Wildman–Crippen LogP) is 1.51. The molecule has 6 nitrogen and oxygen atoms in total. The van der Waals surface area contributed by atoms with Crippen LogP contribution in [0, 0.1) is 0 Å². The van der Waals surface area contributed by atoms with E-state index in [2.05, 4.69) is 21.2 Å². The van der Waals surface area contributed by atoms with Gasteiger partial charge in [0.05, 0.1) is 13.1 Å². The molecule has 1 aromatic carbocycles. The summed E-state index contributed by atoms with van der Waals surface area (Å²) in [5.74, 6) is -0.749. The largest absolute Gasteiger partial charge is 0.343 e. The van der Waals surface area contributed by atoms with Gasteiger partial charge in [-0.2, -0.15) is 0 Å². The summed E-state index contributed by atoms with van der Waals surface area (Å²) in [4.78, 5) is 38.9. The Morgan fingerprint density at radius 2 is 1.78 bits per heavy atom. The molecule has 0 unspecified atom stereocenters. The van der Waals surface area contributed by atoms with Crippen molar-refractivity contribution in [1.82, 2.24) is 15.1 Å². The minimum Gasteiger partial charge on any atom is -0.343 e. The van der Waals surface area contributed by atoms with Gasteiger partial charge in [-0.3, -0.25) is 14.4 Å². The molecule has 1 rings (SSSR count). The number of likely N-dealkylation sites (N-methyl/N-ethyl adjacent to an activating group) is 2. The summed E-state index contributed by atoms with van der Waals surface area (Å²) in [6.07, 6.45) is 0. The first kappa shape index (κ1) is 19.2. The molecular weight excluding hydrogens is 362 g/mol. The second-order valence-corrected chi connectivity index (χ2v) is 5.92. The molecule has 0 saturated heterocycles. The molecule has 0 aliphatic carbocycles. The van der Waals surface area contributed by atoms with E-state index in [1.165, 1.54) is 4.90 Å². The highest BCUT2D eigenvalue weighted by Gasteiger charge is 2.17. The molecule has 0 atom stereocenters. The number of nitrogens with zero attached hydrogens (tertiary/aromatic N) is 2. The van der Waals surface area contributed by atoms with E-state index in [9.17, 15) is 14.4 Å². The van der Waals surface area contributed by atoms with Gasteiger partial charge in [0.1, 0.15) is 0 Å². The normalized spacial score (nSPS) is 10.1. The number of amides is 3. The molecule has 3 amide bonds. The molecule has 126 valence electrons. The number of halogens is 1. The lowest BCUT2D eigenvalue weighted by Gasteiger charge is -2.23. The van der Waals surface area contributed by atoms with Gasteiger partial charge in [-0.05, 0) is 32.0 Å².